The molecule has 0 saturated carbocycles. The molecule has 1 rings (SSSR count). The molecule has 0 fully saturated rings. The van der Waals surface area contributed by atoms with Gasteiger partial charge in [0.2, 0.25) is 5.75 Å². The van der Waals surface area contributed by atoms with Crippen molar-refractivity contribution in [3.63, 3.8) is 0 Å². The SMILES string of the molecule is C=CCc1c(C(=O)O)cc(O)c(O)c1OS(C)(=O)=O. The van der Waals surface area contributed by atoms with Crippen molar-refractivity contribution in [2.24, 2.45) is 0 Å². The first-order chi connectivity index (χ1) is 8.67. The number of rotatable bonds is 5. The third kappa shape index (κ3) is 3.38. The lowest BCUT2D eigenvalue weighted by molar-refractivity contribution is 0.0695. The molecule has 1 aromatic carbocycles. The average Bonchev–Trinajstić information content (AvgIpc) is 2.26. The molecule has 0 aromatic heterocycles. The van der Waals surface area contributed by atoms with Gasteiger partial charge in [-0.2, -0.15) is 8.42 Å². The van der Waals surface area contributed by atoms with Gasteiger partial charge in [0.15, 0.2) is 11.5 Å². The first-order valence-corrected chi connectivity index (χ1v) is 6.80. The van der Waals surface area contributed by atoms with E-state index < -0.39 is 33.3 Å². The largest absolute Gasteiger partial charge is 0.504 e. The molecule has 0 bridgehead atoms. The van der Waals surface area contributed by atoms with Gasteiger partial charge in [-0.25, -0.2) is 4.79 Å². The highest BCUT2D eigenvalue weighted by Crippen LogP contribution is 2.41. The number of allylic oxidation sites excluding steroid dienone is 1. The molecule has 0 saturated heterocycles. The van der Waals surface area contributed by atoms with E-state index in [1.807, 2.05) is 0 Å². The quantitative estimate of drug-likeness (QED) is 0.417. The van der Waals surface area contributed by atoms with Gasteiger partial charge in [-0.1, -0.05) is 6.08 Å². The molecular formula is C11H12O7S. The normalized spacial score (nSPS) is 11.0. The third-order valence-corrected chi connectivity index (χ3v) is 2.62. The molecular weight excluding hydrogens is 276 g/mol. The van der Waals surface area contributed by atoms with Gasteiger partial charge >= 0.3 is 16.1 Å². The summed E-state index contributed by atoms with van der Waals surface area (Å²) in [6.45, 7) is 3.40. The highest BCUT2D eigenvalue weighted by molar-refractivity contribution is 7.86. The van der Waals surface area contributed by atoms with Gasteiger partial charge in [-0.05, 0) is 12.5 Å². The lowest BCUT2D eigenvalue weighted by Crippen LogP contribution is -2.11. The lowest BCUT2D eigenvalue weighted by Gasteiger charge is -2.13. The first-order valence-electron chi connectivity index (χ1n) is 4.98. The molecule has 0 aliphatic rings. The van der Waals surface area contributed by atoms with Crippen molar-refractivity contribution in [2.45, 2.75) is 6.42 Å². The second-order valence-electron chi connectivity index (χ2n) is 3.68. The highest BCUT2D eigenvalue weighted by Gasteiger charge is 2.24. The monoisotopic (exact) mass is 288 g/mol. The van der Waals surface area contributed by atoms with Crippen LogP contribution in [0.25, 0.3) is 0 Å². The summed E-state index contributed by atoms with van der Waals surface area (Å²) in [5.74, 6) is -3.64. The zero-order valence-corrected chi connectivity index (χ0v) is 10.8. The number of hydrogen-bond acceptors (Lipinski definition) is 6. The van der Waals surface area contributed by atoms with E-state index in [2.05, 4.69) is 10.8 Å². The molecule has 104 valence electrons. The fourth-order valence-electron chi connectivity index (χ4n) is 1.45. The summed E-state index contributed by atoms with van der Waals surface area (Å²) >= 11 is 0. The molecule has 19 heavy (non-hydrogen) atoms. The Morgan fingerprint density at radius 3 is 2.47 bits per heavy atom. The van der Waals surface area contributed by atoms with Crippen LogP contribution in [-0.2, 0) is 16.5 Å². The summed E-state index contributed by atoms with van der Waals surface area (Å²) in [6, 6.07) is 0.811. The summed E-state index contributed by atoms with van der Waals surface area (Å²) in [7, 11) is -4.00. The zero-order valence-electron chi connectivity index (χ0n) is 9.95. The van der Waals surface area contributed by atoms with Crippen molar-refractivity contribution in [2.75, 3.05) is 6.26 Å². The summed E-state index contributed by atoms with van der Waals surface area (Å²) in [5, 5.41) is 28.0. The van der Waals surface area contributed by atoms with Gasteiger partial charge in [0.1, 0.15) is 0 Å². The minimum Gasteiger partial charge on any atom is -0.504 e. The van der Waals surface area contributed by atoms with Crippen molar-refractivity contribution in [3.8, 4) is 17.2 Å². The molecule has 0 spiro atoms. The van der Waals surface area contributed by atoms with Gasteiger partial charge in [0.05, 0.1) is 11.8 Å². The first kappa shape index (κ1) is 14.8. The zero-order chi connectivity index (χ0) is 14.8. The molecule has 3 N–H and O–H groups in total. The predicted molar refractivity (Wildman–Crippen MR) is 66.1 cm³/mol. The molecule has 0 radical (unpaired) electrons. The van der Waals surface area contributed by atoms with Gasteiger partial charge in [-0.3, -0.25) is 0 Å². The maximum atomic E-state index is 11.1. The van der Waals surface area contributed by atoms with Crippen LogP contribution < -0.4 is 4.18 Å². The standard InChI is InChI=1S/C11H12O7S/c1-3-4-6-7(11(14)15)5-8(12)9(13)10(6)18-19(2,16)17/h3,5,12-13H,1,4H2,2H3,(H,14,15). The average molecular weight is 288 g/mol. The van der Waals surface area contributed by atoms with E-state index in [-0.39, 0.29) is 17.5 Å². The molecule has 0 atom stereocenters. The maximum absolute atomic E-state index is 11.1. The number of hydrogen-bond donors (Lipinski definition) is 3. The minimum absolute atomic E-state index is 0.0552. The van der Waals surface area contributed by atoms with Crippen molar-refractivity contribution < 1.29 is 32.7 Å². The second kappa shape index (κ2) is 5.19. The number of aromatic hydroxyl groups is 2. The summed E-state index contributed by atoms with van der Waals surface area (Å²) in [6.07, 6.45) is 1.99. The molecule has 1 aromatic rings. The van der Waals surface area contributed by atoms with E-state index in [0.29, 0.717) is 0 Å². The second-order valence-corrected chi connectivity index (χ2v) is 5.26. The number of benzene rings is 1. The number of phenols is 2. The Balaban J connectivity index is 3.64. The van der Waals surface area contributed by atoms with Gasteiger partial charge in [0, 0.05) is 5.56 Å². The van der Waals surface area contributed by atoms with Crippen LogP contribution in [0.15, 0.2) is 18.7 Å². The third-order valence-electron chi connectivity index (χ3n) is 2.15. The Kier molecular flexibility index (Phi) is 4.05. The Morgan fingerprint density at radius 2 is 2.05 bits per heavy atom. The molecule has 0 aliphatic carbocycles. The fourth-order valence-corrected chi connectivity index (χ4v) is 1.93. The molecule has 8 heteroatoms. The van der Waals surface area contributed by atoms with Crippen molar-refractivity contribution in [1.29, 1.82) is 0 Å². The van der Waals surface area contributed by atoms with E-state index >= 15 is 0 Å². The Bertz CT molecular complexity index is 631. The molecule has 0 heterocycles. The van der Waals surface area contributed by atoms with E-state index in [9.17, 15) is 23.4 Å². The van der Waals surface area contributed by atoms with Gasteiger partial charge in [0.25, 0.3) is 0 Å². The summed E-state index contributed by atoms with van der Waals surface area (Å²) in [4.78, 5) is 11.0. The number of carbonyl (C=O) groups is 1. The molecule has 7 nitrogen and oxygen atoms in total. The Labute approximate surface area is 109 Å². The van der Waals surface area contributed by atoms with Crippen molar-refractivity contribution in [1.82, 2.24) is 0 Å². The number of aromatic carboxylic acids is 1. The number of carboxylic acid groups (broad SMARTS) is 1. The lowest BCUT2D eigenvalue weighted by atomic mass is 10.0. The van der Waals surface area contributed by atoms with Crippen LogP contribution in [0.3, 0.4) is 0 Å². The van der Waals surface area contributed by atoms with E-state index in [0.717, 1.165) is 12.3 Å². The van der Waals surface area contributed by atoms with Gasteiger partial charge in [-0.15, -0.1) is 6.58 Å². The number of phenolic OH excluding ortho intramolecular Hbond substituents is 2. The summed E-state index contributed by atoms with van der Waals surface area (Å²) < 4.78 is 26.8. The predicted octanol–water partition coefficient (Wildman–Crippen LogP) is 0.863. The van der Waals surface area contributed by atoms with Crippen molar-refractivity contribution in [3.05, 3.63) is 29.8 Å². The summed E-state index contributed by atoms with van der Waals surface area (Å²) in [5.41, 5.74) is -0.475. The maximum Gasteiger partial charge on any atom is 0.336 e. The Morgan fingerprint density at radius 1 is 1.47 bits per heavy atom. The van der Waals surface area contributed by atoms with Crippen LogP contribution in [0, 0.1) is 0 Å². The molecule has 0 unspecified atom stereocenters. The minimum atomic E-state index is -4.00. The van der Waals surface area contributed by atoms with E-state index in [4.69, 9.17) is 5.11 Å². The molecule has 0 amide bonds. The van der Waals surface area contributed by atoms with Crippen LogP contribution in [0.4, 0.5) is 0 Å². The smallest absolute Gasteiger partial charge is 0.336 e. The number of carboxylic acids is 1. The fraction of sp³-hybridized carbons (Fsp3) is 0.182. The molecule has 0 aliphatic heterocycles. The van der Waals surface area contributed by atoms with Crippen LogP contribution in [0.2, 0.25) is 0 Å². The van der Waals surface area contributed by atoms with Crippen LogP contribution in [0.5, 0.6) is 17.2 Å². The Hall–Kier alpha value is -2.22. The van der Waals surface area contributed by atoms with E-state index in [1.165, 1.54) is 6.08 Å². The van der Waals surface area contributed by atoms with Crippen LogP contribution >= 0.6 is 0 Å². The van der Waals surface area contributed by atoms with Crippen LogP contribution in [-0.4, -0.2) is 36.0 Å². The van der Waals surface area contributed by atoms with Crippen molar-refractivity contribution >= 4 is 16.1 Å². The van der Waals surface area contributed by atoms with E-state index in [1.54, 1.807) is 0 Å². The highest BCUT2D eigenvalue weighted by atomic mass is 32.2. The van der Waals surface area contributed by atoms with Gasteiger partial charge < -0.3 is 19.5 Å². The van der Waals surface area contributed by atoms with Crippen LogP contribution in [0.1, 0.15) is 15.9 Å². The topological polar surface area (TPSA) is 121 Å².